The SMILES string of the molecule is CC[C@H](C)NC(=O)[C@H](Cc1ccccc1)N(Cc1c(Cl)cccc1Cl)C(=O)Cc1ccccc1C. The molecule has 0 spiro atoms. The van der Waals surface area contributed by atoms with Crippen molar-refractivity contribution in [1.29, 1.82) is 0 Å². The molecule has 0 aromatic heterocycles. The Morgan fingerprint density at radius 1 is 0.914 bits per heavy atom. The second kappa shape index (κ2) is 12.8. The van der Waals surface area contributed by atoms with Crippen LogP contribution in [0.4, 0.5) is 0 Å². The van der Waals surface area contributed by atoms with Gasteiger partial charge in [0.1, 0.15) is 6.04 Å². The average molecular weight is 511 g/mol. The Kier molecular flexibility index (Phi) is 9.76. The predicted molar refractivity (Wildman–Crippen MR) is 144 cm³/mol. The Bertz CT molecular complexity index is 1130. The van der Waals surface area contributed by atoms with E-state index in [4.69, 9.17) is 23.2 Å². The van der Waals surface area contributed by atoms with Crippen LogP contribution in [0.1, 0.15) is 42.5 Å². The van der Waals surface area contributed by atoms with Gasteiger partial charge in [0, 0.05) is 34.6 Å². The first-order chi connectivity index (χ1) is 16.8. The lowest BCUT2D eigenvalue weighted by Gasteiger charge is -2.33. The molecule has 0 aliphatic carbocycles. The van der Waals surface area contributed by atoms with Gasteiger partial charge in [0.05, 0.1) is 6.42 Å². The molecule has 0 unspecified atom stereocenters. The summed E-state index contributed by atoms with van der Waals surface area (Å²) in [5.74, 6) is -0.347. The first-order valence-corrected chi connectivity index (χ1v) is 12.7. The van der Waals surface area contributed by atoms with Crippen LogP contribution in [0.5, 0.6) is 0 Å². The molecule has 35 heavy (non-hydrogen) atoms. The molecule has 0 bridgehead atoms. The van der Waals surface area contributed by atoms with Crippen LogP contribution in [0.25, 0.3) is 0 Å². The number of aryl methyl sites for hydroxylation is 1. The number of nitrogens with zero attached hydrogens (tertiary/aromatic N) is 1. The van der Waals surface area contributed by atoms with Gasteiger partial charge in [-0.05, 0) is 49.1 Å². The van der Waals surface area contributed by atoms with Crippen molar-refractivity contribution in [2.75, 3.05) is 0 Å². The summed E-state index contributed by atoms with van der Waals surface area (Å²) in [5, 5.41) is 4.01. The minimum absolute atomic E-state index is 0.0157. The number of amides is 2. The molecule has 2 atom stereocenters. The lowest BCUT2D eigenvalue weighted by Crippen LogP contribution is -2.52. The summed E-state index contributed by atoms with van der Waals surface area (Å²) < 4.78 is 0. The maximum Gasteiger partial charge on any atom is 0.243 e. The highest BCUT2D eigenvalue weighted by molar-refractivity contribution is 6.36. The third kappa shape index (κ3) is 7.33. The summed E-state index contributed by atoms with van der Waals surface area (Å²) in [6.07, 6.45) is 1.35. The normalized spacial score (nSPS) is 12.6. The number of carbonyl (C=O) groups is 2. The number of carbonyl (C=O) groups excluding carboxylic acids is 2. The molecule has 4 nitrogen and oxygen atoms in total. The Labute approximate surface area is 218 Å². The van der Waals surface area contributed by atoms with Gasteiger partial charge >= 0.3 is 0 Å². The fraction of sp³-hybridized carbons (Fsp3) is 0.310. The molecule has 3 aromatic rings. The van der Waals surface area contributed by atoms with Gasteiger partial charge in [-0.25, -0.2) is 0 Å². The molecule has 0 radical (unpaired) electrons. The van der Waals surface area contributed by atoms with E-state index in [2.05, 4.69) is 5.32 Å². The monoisotopic (exact) mass is 510 g/mol. The maximum atomic E-state index is 13.8. The quantitative estimate of drug-likeness (QED) is 0.343. The average Bonchev–Trinajstić information content (AvgIpc) is 2.84. The molecule has 3 aromatic carbocycles. The molecule has 6 heteroatoms. The molecular formula is C29H32Cl2N2O2. The van der Waals surface area contributed by atoms with Crippen LogP contribution >= 0.6 is 23.2 Å². The second-order valence-corrected chi connectivity index (χ2v) is 9.66. The third-order valence-corrected chi connectivity index (χ3v) is 6.97. The standard InChI is InChI=1S/C29H32Cl2N2O2/c1-4-21(3)32-29(35)27(17-22-12-6-5-7-13-22)33(19-24-25(30)15-10-16-26(24)31)28(34)18-23-14-9-8-11-20(23)2/h5-16,21,27H,4,17-19H2,1-3H3,(H,32,35)/t21-,27-/m0/s1. The molecule has 0 fully saturated rings. The number of hydrogen-bond acceptors (Lipinski definition) is 2. The first-order valence-electron chi connectivity index (χ1n) is 11.9. The molecular weight excluding hydrogens is 479 g/mol. The van der Waals surface area contributed by atoms with Crippen LogP contribution in [-0.2, 0) is 29.0 Å². The smallest absolute Gasteiger partial charge is 0.243 e. The van der Waals surface area contributed by atoms with E-state index in [1.54, 1.807) is 23.1 Å². The highest BCUT2D eigenvalue weighted by Crippen LogP contribution is 2.28. The Morgan fingerprint density at radius 3 is 2.17 bits per heavy atom. The van der Waals surface area contributed by atoms with Crippen molar-refractivity contribution < 1.29 is 9.59 Å². The zero-order valence-electron chi connectivity index (χ0n) is 20.4. The summed E-state index contributed by atoms with van der Waals surface area (Å²) in [6.45, 7) is 6.09. The van der Waals surface area contributed by atoms with Crippen molar-refractivity contribution in [3.05, 3.63) is 105 Å². The van der Waals surface area contributed by atoms with Crippen molar-refractivity contribution in [3.63, 3.8) is 0 Å². The summed E-state index contributed by atoms with van der Waals surface area (Å²) in [6, 6.07) is 22.1. The third-order valence-electron chi connectivity index (χ3n) is 6.27. The van der Waals surface area contributed by atoms with E-state index in [0.717, 1.165) is 23.1 Å². The van der Waals surface area contributed by atoms with Crippen LogP contribution in [0, 0.1) is 6.92 Å². The van der Waals surface area contributed by atoms with E-state index in [1.165, 1.54) is 0 Å². The fourth-order valence-corrected chi connectivity index (χ4v) is 4.44. The van der Waals surface area contributed by atoms with Crippen molar-refractivity contribution in [2.45, 2.75) is 58.7 Å². The van der Waals surface area contributed by atoms with Crippen molar-refractivity contribution in [1.82, 2.24) is 10.2 Å². The molecule has 1 N–H and O–H groups in total. The highest BCUT2D eigenvalue weighted by Gasteiger charge is 2.32. The first kappa shape index (κ1) is 26.8. The van der Waals surface area contributed by atoms with Gasteiger partial charge in [0.2, 0.25) is 11.8 Å². The van der Waals surface area contributed by atoms with Crippen molar-refractivity contribution in [2.24, 2.45) is 0 Å². The van der Waals surface area contributed by atoms with E-state index >= 15 is 0 Å². The molecule has 0 saturated heterocycles. The van der Waals surface area contributed by atoms with Gasteiger partial charge in [0.15, 0.2) is 0 Å². The van der Waals surface area contributed by atoms with Gasteiger partial charge in [-0.1, -0.05) is 90.8 Å². The van der Waals surface area contributed by atoms with Gasteiger partial charge in [-0.15, -0.1) is 0 Å². The van der Waals surface area contributed by atoms with Gasteiger partial charge in [0.25, 0.3) is 0 Å². The molecule has 0 aliphatic heterocycles. The Hall–Kier alpha value is -2.82. The topological polar surface area (TPSA) is 49.4 Å². The number of nitrogens with one attached hydrogen (secondary N) is 1. The minimum Gasteiger partial charge on any atom is -0.352 e. The van der Waals surface area contributed by atoms with Crippen LogP contribution < -0.4 is 5.32 Å². The lowest BCUT2D eigenvalue weighted by atomic mass is 10.00. The largest absolute Gasteiger partial charge is 0.352 e. The van der Waals surface area contributed by atoms with E-state index in [1.807, 2.05) is 75.4 Å². The molecule has 3 rings (SSSR count). The summed E-state index contributed by atoms with van der Waals surface area (Å²) in [4.78, 5) is 29.0. The minimum atomic E-state index is -0.727. The zero-order chi connectivity index (χ0) is 25.4. The summed E-state index contributed by atoms with van der Waals surface area (Å²) >= 11 is 13.0. The van der Waals surface area contributed by atoms with E-state index < -0.39 is 6.04 Å². The van der Waals surface area contributed by atoms with Crippen LogP contribution in [0.2, 0.25) is 10.0 Å². The zero-order valence-corrected chi connectivity index (χ0v) is 21.9. The van der Waals surface area contributed by atoms with E-state index in [9.17, 15) is 9.59 Å². The van der Waals surface area contributed by atoms with Crippen molar-refractivity contribution in [3.8, 4) is 0 Å². The molecule has 0 saturated carbocycles. The number of halogens is 2. The van der Waals surface area contributed by atoms with Crippen LogP contribution in [0.15, 0.2) is 72.8 Å². The second-order valence-electron chi connectivity index (χ2n) is 8.85. The highest BCUT2D eigenvalue weighted by atomic mass is 35.5. The van der Waals surface area contributed by atoms with Gasteiger partial charge in [-0.3, -0.25) is 9.59 Å². The fourth-order valence-electron chi connectivity index (χ4n) is 3.92. The molecule has 0 heterocycles. The van der Waals surface area contributed by atoms with E-state index in [-0.39, 0.29) is 30.8 Å². The van der Waals surface area contributed by atoms with E-state index in [0.29, 0.717) is 22.0 Å². The van der Waals surface area contributed by atoms with Crippen LogP contribution in [-0.4, -0.2) is 28.8 Å². The molecule has 2 amide bonds. The maximum absolute atomic E-state index is 13.8. The number of hydrogen-bond donors (Lipinski definition) is 1. The lowest BCUT2D eigenvalue weighted by molar-refractivity contribution is -0.141. The Balaban J connectivity index is 2.03. The van der Waals surface area contributed by atoms with Gasteiger partial charge in [-0.2, -0.15) is 0 Å². The Morgan fingerprint density at radius 2 is 1.54 bits per heavy atom. The van der Waals surface area contributed by atoms with Crippen molar-refractivity contribution >= 4 is 35.0 Å². The molecule has 0 aliphatic rings. The summed E-state index contributed by atoms with van der Waals surface area (Å²) in [5.41, 5.74) is 3.55. The number of rotatable bonds is 10. The van der Waals surface area contributed by atoms with Crippen LogP contribution in [0.3, 0.4) is 0 Å². The van der Waals surface area contributed by atoms with Gasteiger partial charge < -0.3 is 10.2 Å². The number of benzene rings is 3. The summed E-state index contributed by atoms with van der Waals surface area (Å²) in [7, 11) is 0. The predicted octanol–water partition coefficient (Wildman–Crippen LogP) is 6.40. The molecule has 184 valence electrons.